The van der Waals surface area contributed by atoms with Gasteiger partial charge >= 0.3 is 0 Å². The zero-order valence-electron chi connectivity index (χ0n) is 17.5. The molecule has 30 heavy (non-hydrogen) atoms. The van der Waals surface area contributed by atoms with Crippen molar-refractivity contribution in [2.75, 3.05) is 50.8 Å². The minimum Gasteiger partial charge on any atom is -0.341 e. The quantitative estimate of drug-likeness (QED) is 0.718. The average molecular weight is 438 g/mol. The van der Waals surface area contributed by atoms with Gasteiger partial charge in [-0.3, -0.25) is 14.6 Å². The van der Waals surface area contributed by atoms with Crippen LogP contribution < -0.4 is 0 Å². The van der Waals surface area contributed by atoms with Gasteiger partial charge in [0.1, 0.15) is 5.82 Å². The molecular formula is C22H32FN3O3S. The summed E-state index contributed by atoms with van der Waals surface area (Å²) in [5.41, 5.74) is 0.969. The number of rotatable bonds is 4. The third-order valence-corrected chi connectivity index (χ3v) is 8.55. The standard InChI is InChI=1S/C22H32FN3O3S/c23-20-4-1-3-18(15-20)16-24-8-2-9-26(13-12-24)22(27)19-5-10-25(11-6-19)21-7-14-30(28,29)17-21/h1,3-4,15,19,21H,2,5-14,16-17H2. The number of likely N-dealkylation sites (tertiary alicyclic amines) is 1. The second-order valence-electron chi connectivity index (χ2n) is 8.95. The van der Waals surface area contributed by atoms with Crippen LogP contribution in [0.5, 0.6) is 0 Å². The van der Waals surface area contributed by atoms with Crippen LogP contribution in [0.4, 0.5) is 4.39 Å². The molecule has 1 aromatic rings. The lowest BCUT2D eigenvalue weighted by atomic mass is 9.94. The van der Waals surface area contributed by atoms with Crippen LogP contribution in [0.15, 0.2) is 24.3 Å². The third kappa shape index (κ3) is 5.39. The van der Waals surface area contributed by atoms with Crippen LogP contribution >= 0.6 is 0 Å². The number of amides is 1. The number of halogens is 1. The predicted octanol–water partition coefficient (Wildman–Crippen LogP) is 1.76. The monoisotopic (exact) mass is 437 g/mol. The van der Waals surface area contributed by atoms with Crippen molar-refractivity contribution < 1.29 is 17.6 Å². The topological polar surface area (TPSA) is 60.9 Å². The first kappa shape index (κ1) is 21.7. The lowest BCUT2D eigenvalue weighted by Gasteiger charge is -2.36. The van der Waals surface area contributed by atoms with Crippen molar-refractivity contribution in [3.8, 4) is 0 Å². The van der Waals surface area contributed by atoms with Gasteiger partial charge in [0, 0.05) is 44.7 Å². The SMILES string of the molecule is O=C(C1CCN(C2CCS(=O)(=O)C2)CC1)N1CCCN(Cc2cccc(F)c2)CC1. The fourth-order valence-corrected chi connectivity index (χ4v) is 6.84. The Hall–Kier alpha value is -1.51. The molecule has 8 heteroatoms. The van der Waals surface area contributed by atoms with Crippen molar-refractivity contribution in [1.29, 1.82) is 0 Å². The highest BCUT2D eigenvalue weighted by Crippen LogP contribution is 2.26. The van der Waals surface area contributed by atoms with E-state index in [-0.39, 0.29) is 29.4 Å². The van der Waals surface area contributed by atoms with E-state index in [1.54, 1.807) is 12.1 Å². The van der Waals surface area contributed by atoms with E-state index in [0.717, 1.165) is 70.5 Å². The zero-order valence-corrected chi connectivity index (χ0v) is 18.3. The normalized spacial score (nSPS) is 26.6. The molecule has 0 radical (unpaired) electrons. The molecule has 3 saturated heterocycles. The maximum atomic E-state index is 13.4. The van der Waals surface area contributed by atoms with E-state index >= 15 is 0 Å². The molecular weight excluding hydrogens is 405 g/mol. The first-order valence-corrected chi connectivity index (χ1v) is 12.9. The Morgan fingerprint density at radius 3 is 2.53 bits per heavy atom. The molecule has 166 valence electrons. The smallest absolute Gasteiger partial charge is 0.225 e. The first-order valence-electron chi connectivity index (χ1n) is 11.1. The van der Waals surface area contributed by atoms with E-state index in [1.807, 2.05) is 11.0 Å². The van der Waals surface area contributed by atoms with Gasteiger partial charge in [0.05, 0.1) is 11.5 Å². The number of hydrogen-bond acceptors (Lipinski definition) is 5. The number of nitrogens with zero attached hydrogens (tertiary/aromatic N) is 3. The minimum atomic E-state index is -2.87. The van der Waals surface area contributed by atoms with Gasteiger partial charge in [-0.25, -0.2) is 12.8 Å². The molecule has 3 aliphatic rings. The molecule has 6 nitrogen and oxygen atoms in total. The van der Waals surface area contributed by atoms with E-state index < -0.39 is 9.84 Å². The van der Waals surface area contributed by atoms with Crippen LogP contribution in [0, 0.1) is 11.7 Å². The lowest BCUT2D eigenvalue weighted by Crippen LogP contribution is -2.46. The van der Waals surface area contributed by atoms with Crippen molar-refractivity contribution >= 4 is 15.7 Å². The van der Waals surface area contributed by atoms with Crippen molar-refractivity contribution in [2.24, 2.45) is 5.92 Å². The molecule has 0 spiro atoms. The summed E-state index contributed by atoms with van der Waals surface area (Å²) in [6.45, 7) is 5.56. The second kappa shape index (κ2) is 9.32. The number of carbonyl (C=O) groups is 1. The Labute approximate surface area is 178 Å². The Bertz CT molecular complexity index is 855. The van der Waals surface area contributed by atoms with Crippen LogP contribution in [0.1, 0.15) is 31.2 Å². The van der Waals surface area contributed by atoms with Crippen molar-refractivity contribution in [1.82, 2.24) is 14.7 Å². The Morgan fingerprint density at radius 1 is 1.03 bits per heavy atom. The first-order chi connectivity index (χ1) is 14.4. The van der Waals surface area contributed by atoms with Gasteiger partial charge in [-0.2, -0.15) is 0 Å². The van der Waals surface area contributed by atoms with Crippen molar-refractivity contribution in [2.45, 2.75) is 38.3 Å². The van der Waals surface area contributed by atoms with Crippen LogP contribution in [-0.2, 0) is 21.2 Å². The molecule has 0 aromatic heterocycles. The number of hydrogen-bond donors (Lipinski definition) is 0. The van der Waals surface area contributed by atoms with E-state index in [1.165, 1.54) is 6.07 Å². The third-order valence-electron chi connectivity index (χ3n) is 6.80. The molecule has 1 aromatic carbocycles. The molecule has 1 atom stereocenters. The molecule has 1 amide bonds. The van der Waals surface area contributed by atoms with Gasteiger partial charge in [0.15, 0.2) is 9.84 Å². The highest BCUT2D eigenvalue weighted by atomic mass is 32.2. The van der Waals surface area contributed by atoms with Crippen LogP contribution in [-0.4, -0.2) is 85.8 Å². The van der Waals surface area contributed by atoms with Gasteiger partial charge in [-0.15, -0.1) is 0 Å². The van der Waals surface area contributed by atoms with Crippen molar-refractivity contribution in [3.63, 3.8) is 0 Å². The molecule has 0 aliphatic carbocycles. The molecule has 0 saturated carbocycles. The largest absolute Gasteiger partial charge is 0.341 e. The van der Waals surface area contributed by atoms with E-state index in [9.17, 15) is 17.6 Å². The van der Waals surface area contributed by atoms with Gasteiger partial charge in [0.25, 0.3) is 0 Å². The minimum absolute atomic E-state index is 0.0500. The van der Waals surface area contributed by atoms with Gasteiger partial charge in [0.2, 0.25) is 5.91 Å². The highest BCUT2D eigenvalue weighted by Gasteiger charge is 2.36. The number of carbonyl (C=O) groups excluding carboxylic acids is 1. The maximum Gasteiger partial charge on any atom is 0.225 e. The molecule has 3 fully saturated rings. The molecule has 3 aliphatic heterocycles. The fraction of sp³-hybridized carbons (Fsp3) is 0.682. The van der Waals surface area contributed by atoms with E-state index in [4.69, 9.17) is 0 Å². The summed E-state index contributed by atoms with van der Waals surface area (Å²) in [5, 5.41) is 0. The maximum absolute atomic E-state index is 13.4. The molecule has 0 bridgehead atoms. The van der Waals surface area contributed by atoms with E-state index in [0.29, 0.717) is 12.3 Å². The molecule has 3 heterocycles. The number of piperidine rings is 1. The summed E-state index contributed by atoms with van der Waals surface area (Å²) in [6, 6.07) is 6.87. The number of benzene rings is 1. The van der Waals surface area contributed by atoms with Crippen LogP contribution in [0.25, 0.3) is 0 Å². The molecule has 0 N–H and O–H groups in total. The summed E-state index contributed by atoms with van der Waals surface area (Å²) in [5.74, 6) is 0.672. The van der Waals surface area contributed by atoms with Gasteiger partial charge in [-0.1, -0.05) is 12.1 Å². The summed E-state index contributed by atoms with van der Waals surface area (Å²) < 4.78 is 36.9. The van der Waals surface area contributed by atoms with Gasteiger partial charge in [-0.05, 0) is 56.5 Å². The second-order valence-corrected chi connectivity index (χ2v) is 11.2. The predicted molar refractivity (Wildman–Crippen MR) is 114 cm³/mol. The number of sulfone groups is 1. The fourth-order valence-electron chi connectivity index (χ4n) is 5.08. The molecule has 1 unspecified atom stereocenters. The van der Waals surface area contributed by atoms with Crippen LogP contribution in [0.3, 0.4) is 0 Å². The van der Waals surface area contributed by atoms with Crippen LogP contribution in [0.2, 0.25) is 0 Å². The Morgan fingerprint density at radius 2 is 1.83 bits per heavy atom. The lowest BCUT2D eigenvalue weighted by molar-refractivity contribution is -0.137. The Kier molecular flexibility index (Phi) is 6.75. The molecule has 4 rings (SSSR count). The summed E-state index contributed by atoms with van der Waals surface area (Å²) in [7, 11) is -2.87. The summed E-state index contributed by atoms with van der Waals surface area (Å²) >= 11 is 0. The zero-order chi connectivity index (χ0) is 21.1. The summed E-state index contributed by atoms with van der Waals surface area (Å²) in [6.07, 6.45) is 3.30. The Balaban J connectivity index is 1.25. The highest BCUT2D eigenvalue weighted by molar-refractivity contribution is 7.91. The van der Waals surface area contributed by atoms with Gasteiger partial charge < -0.3 is 4.90 Å². The summed E-state index contributed by atoms with van der Waals surface area (Å²) in [4.78, 5) is 19.7. The van der Waals surface area contributed by atoms with Crippen molar-refractivity contribution in [3.05, 3.63) is 35.6 Å². The van der Waals surface area contributed by atoms with E-state index in [2.05, 4.69) is 9.80 Å². The average Bonchev–Trinajstić information content (AvgIpc) is 2.94.